The van der Waals surface area contributed by atoms with E-state index in [9.17, 15) is 0 Å². The summed E-state index contributed by atoms with van der Waals surface area (Å²) < 4.78 is 12.3. The molecule has 0 saturated carbocycles. The third kappa shape index (κ3) is 2.89. The maximum Gasteiger partial charge on any atom is 0.127 e. The quantitative estimate of drug-likeness (QED) is 0.840. The summed E-state index contributed by atoms with van der Waals surface area (Å²) in [4.78, 5) is 0. The van der Waals surface area contributed by atoms with Crippen LogP contribution in [0, 0.1) is 0 Å². The number of benzene rings is 2. The Balaban J connectivity index is 1.94. The van der Waals surface area contributed by atoms with Crippen LogP contribution in [0.2, 0.25) is 5.02 Å². The van der Waals surface area contributed by atoms with Crippen LogP contribution in [0.1, 0.15) is 29.7 Å². The van der Waals surface area contributed by atoms with Crippen molar-refractivity contribution in [1.29, 1.82) is 0 Å². The van der Waals surface area contributed by atoms with E-state index in [1.165, 1.54) is 0 Å². The summed E-state index contributed by atoms with van der Waals surface area (Å²) in [5, 5.41) is 0.679. The zero-order valence-electron chi connectivity index (χ0n) is 11.5. The molecule has 0 amide bonds. The topological polar surface area (TPSA) is 44.5 Å². The van der Waals surface area contributed by atoms with Gasteiger partial charge in [0.15, 0.2) is 0 Å². The van der Waals surface area contributed by atoms with Gasteiger partial charge < -0.3 is 15.2 Å². The van der Waals surface area contributed by atoms with Crippen molar-refractivity contribution in [3.63, 3.8) is 0 Å². The van der Waals surface area contributed by atoms with E-state index in [1.54, 1.807) is 7.11 Å². The molecule has 21 heavy (non-hydrogen) atoms. The van der Waals surface area contributed by atoms with Gasteiger partial charge in [-0.2, -0.15) is 0 Å². The van der Waals surface area contributed by atoms with E-state index in [-0.39, 0.29) is 12.1 Å². The lowest BCUT2D eigenvalue weighted by Gasteiger charge is -2.31. The van der Waals surface area contributed by atoms with E-state index in [4.69, 9.17) is 26.8 Å². The molecule has 0 aromatic heterocycles. The fourth-order valence-corrected chi connectivity index (χ4v) is 3.36. The van der Waals surface area contributed by atoms with Crippen molar-refractivity contribution in [2.24, 2.45) is 5.73 Å². The average Bonchev–Trinajstić information content (AvgIpc) is 2.47. The van der Waals surface area contributed by atoms with Crippen LogP contribution >= 0.6 is 27.5 Å². The van der Waals surface area contributed by atoms with Crippen LogP contribution in [-0.4, -0.2) is 7.11 Å². The molecule has 0 saturated heterocycles. The molecule has 2 unspecified atom stereocenters. The Morgan fingerprint density at radius 3 is 2.76 bits per heavy atom. The second kappa shape index (κ2) is 5.87. The molecule has 2 aromatic rings. The molecule has 5 heteroatoms. The van der Waals surface area contributed by atoms with Crippen LogP contribution in [0.3, 0.4) is 0 Å². The van der Waals surface area contributed by atoms with Gasteiger partial charge in [0, 0.05) is 33.1 Å². The van der Waals surface area contributed by atoms with E-state index >= 15 is 0 Å². The predicted octanol–water partition coefficient (Wildman–Crippen LogP) is 4.63. The highest BCUT2D eigenvalue weighted by molar-refractivity contribution is 9.10. The number of ether oxygens (including phenoxy) is 2. The Bertz CT molecular complexity index is 677. The van der Waals surface area contributed by atoms with Crippen LogP contribution in [0.25, 0.3) is 0 Å². The van der Waals surface area contributed by atoms with Crippen LogP contribution in [0.5, 0.6) is 11.5 Å². The highest BCUT2D eigenvalue weighted by atomic mass is 79.9. The summed E-state index contributed by atoms with van der Waals surface area (Å²) in [6.45, 7) is 0. The summed E-state index contributed by atoms with van der Waals surface area (Å²) in [6, 6.07) is 11.4. The zero-order valence-corrected chi connectivity index (χ0v) is 13.8. The largest absolute Gasteiger partial charge is 0.497 e. The second-order valence-corrected chi connectivity index (χ2v) is 6.34. The third-order valence-electron chi connectivity index (χ3n) is 3.66. The average molecular weight is 369 g/mol. The molecule has 0 fully saturated rings. The maximum absolute atomic E-state index is 6.31. The summed E-state index contributed by atoms with van der Waals surface area (Å²) in [7, 11) is 1.64. The van der Waals surface area contributed by atoms with Crippen molar-refractivity contribution in [3.8, 4) is 11.5 Å². The Hall–Kier alpha value is -1.23. The number of fused-ring (bicyclic) bond motifs is 1. The standard InChI is InChI=1S/C16H15BrClNO2/c1-20-10-3-5-15-12(7-10)14(19)8-16(21-15)11-4-2-9(17)6-13(11)18/h2-7,14,16H,8,19H2,1H3. The number of hydrogen-bond donors (Lipinski definition) is 1. The summed E-state index contributed by atoms with van der Waals surface area (Å²) >= 11 is 9.72. The molecule has 1 heterocycles. The highest BCUT2D eigenvalue weighted by Crippen LogP contribution is 2.42. The molecular formula is C16H15BrClNO2. The van der Waals surface area contributed by atoms with Crippen molar-refractivity contribution in [3.05, 3.63) is 57.0 Å². The van der Waals surface area contributed by atoms with Gasteiger partial charge in [0.25, 0.3) is 0 Å². The Morgan fingerprint density at radius 2 is 2.05 bits per heavy atom. The summed E-state index contributed by atoms with van der Waals surface area (Å²) in [5.74, 6) is 1.58. The van der Waals surface area contributed by atoms with Crippen molar-refractivity contribution in [2.75, 3.05) is 7.11 Å². The Kier molecular flexibility index (Phi) is 4.11. The van der Waals surface area contributed by atoms with Crippen LogP contribution in [0.4, 0.5) is 0 Å². The number of nitrogens with two attached hydrogens (primary N) is 1. The van der Waals surface area contributed by atoms with Crippen molar-refractivity contribution in [2.45, 2.75) is 18.6 Å². The first kappa shape index (κ1) is 14.7. The van der Waals surface area contributed by atoms with E-state index in [2.05, 4.69) is 15.9 Å². The molecule has 0 radical (unpaired) electrons. The lowest BCUT2D eigenvalue weighted by Crippen LogP contribution is -2.24. The smallest absolute Gasteiger partial charge is 0.127 e. The van der Waals surface area contributed by atoms with Gasteiger partial charge in [0.2, 0.25) is 0 Å². The first-order valence-corrected chi connectivity index (χ1v) is 7.80. The van der Waals surface area contributed by atoms with Gasteiger partial charge in [0.05, 0.1) is 7.11 Å². The summed E-state index contributed by atoms with van der Waals surface area (Å²) in [5.41, 5.74) is 8.22. The minimum Gasteiger partial charge on any atom is -0.497 e. The van der Waals surface area contributed by atoms with E-state index < -0.39 is 0 Å². The fraction of sp³-hybridized carbons (Fsp3) is 0.250. The molecule has 0 bridgehead atoms. The van der Waals surface area contributed by atoms with Gasteiger partial charge in [0.1, 0.15) is 17.6 Å². The van der Waals surface area contributed by atoms with Crippen molar-refractivity contribution >= 4 is 27.5 Å². The van der Waals surface area contributed by atoms with Crippen molar-refractivity contribution in [1.82, 2.24) is 0 Å². The minimum absolute atomic E-state index is 0.103. The van der Waals surface area contributed by atoms with Crippen LogP contribution < -0.4 is 15.2 Å². The monoisotopic (exact) mass is 367 g/mol. The Labute approximate surface area is 137 Å². The number of hydrogen-bond acceptors (Lipinski definition) is 3. The zero-order chi connectivity index (χ0) is 15.0. The normalized spacial score (nSPS) is 20.6. The van der Waals surface area contributed by atoms with Gasteiger partial charge in [-0.05, 0) is 30.3 Å². The molecule has 1 aliphatic rings. The summed E-state index contributed by atoms with van der Waals surface area (Å²) in [6.07, 6.45) is 0.545. The second-order valence-electron chi connectivity index (χ2n) is 5.02. The first-order chi connectivity index (χ1) is 10.1. The van der Waals surface area contributed by atoms with E-state index in [1.807, 2.05) is 36.4 Å². The lowest BCUT2D eigenvalue weighted by atomic mass is 9.93. The lowest BCUT2D eigenvalue weighted by molar-refractivity contribution is 0.161. The molecule has 0 aliphatic carbocycles. The number of halogens is 2. The van der Waals surface area contributed by atoms with Gasteiger partial charge in [-0.25, -0.2) is 0 Å². The number of rotatable bonds is 2. The van der Waals surface area contributed by atoms with E-state index in [0.717, 1.165) is 27.1 Å². The number of methoxy groups -OCH3 is 1. The van der Waals surface area contributed by atoms with Gasteiger partial charge in [-0.3, -0.25) is 0 Å². The molecule has 3 rings (SSSR count). The molecule has 2 aromatic carbocycles. The van der Waals surface area contributed by atoms with Crippen LogP contribution in [0.15, 0.2) is 40.9 Å². The first-order valence-electron chi connectivity index (χ1n) is 6.63. The van der Waals surface area contributed by atoms with Gasteiger partial charge >= 0.3 is 0 Å². The van der Waals surface area contributed by atoms with Crippen molar-refractivity contribution < 1.29 is 9.47 Å². The van der Waals surface area contributed by atoms with Crippen LogP contribution in [-0.2, 0) is 0 Å². The molecular weight excluding hydrogens is 354 g/mol. The molecule has 1 aliphatic heterocycles. The maximum atomic E-state index is 6.31. The minimum atomic E-state index is -0.138. The van der Waals surface area contributed by atoms with Gasteiger partial charge in [-0.1, -0.05) is 33.6 Å². The highest BCUT2D eigenvalue weighted by Gasteiger charge is 2.28. The third-order valence-corrected chi connectivity index (χ3v) is 4.48. The molecule has 2 N–H and O–H groups in total. The predicted molar refractivity (Wildman–Crippen MR) is 87.1 cm³/mol. The fourth-order valence-electron chi connectivity index (χ4n) is 2.56. The molecule has 3 nitrogen and oxygen atoms in total. The molecule has 2 atom stereocenters. The SMILES string of the molecule is COc1ccc2c(c1)C(N)CC(c1ccc(Br)cc1Cl)O2. The van der Waals surface area contributed by atoms with E-state index in [0.29, 0.717) is 11.4 Å². The molecule has 0 spiro atoms. The Morgan fingerprint density at radius 1 is 1.24 bits per heavy atom. The van der Waals surface area contributed by atoms with Gasteiger partial charge in [-0.15, -0.1) is 0 Å². The molecule has 110 valence electrons.